The van der Waals surface area contributed by atoms with Gasteiger partial charge in [-0.3, -0.25) is 10.1 Å². The van der Waals surface area contributed by atoms with Crippen LogP contribution in [-0.4, -0.2) is 23.4 Å². The molecule has 0 bridgehead atoms. The Morgan fingerprint density at radius 1 is 1.17 bits per heavy atom. The van der Waals surface area contributed by atoms with Crippen molar-refractivity contribution in [3.05, 3.63) is 70.3 Å². The molecule has 6 heteroatoms. The number of methoxy groups -OCH3 is 1. The molecule has 1 N–H and O–H groups in total. The van der Waals surface area contributed by atoms with E-state index in [0.29, 0.717) is 11.3 Å². The fourth-order valence-corrected chi connectivity index (χ4v) is 2.44. The summed E-state index contributed by atoms with van der Waals surface area (Å²) < 4.78 is 5.00. The lowest BCUT2D eigenvalue weighted by Crippen LogP contribution is -1.91. The van der Waals surface area contributed by atoms with Gasteiger partial charge in [0.05, 0.1) is 18.1 Å². The number of nitro groups is 1. The highest BCUT2D eigenvalue weighted by atomic mass is 16.6. The van der Waals surface area contributed by atoms with Crippen molar-refractivity contribution < 1.29 is 14.8 Å². The summed E-state index contributed by atoms with van der Waals surface area (Å²) in [5, 5.41) is 23.1. The highest BCUT2D eigenvalue weighted by molar-refractivity contribution is 6.03. The van der Waals surface area contributed by atoms with Crippen LogP contribution in [-0.2, 0) is 0 Å². The van der Waals surface area contributed by atoms with Gasteiger partial charge >= 0.3 is 0 Å². The number of phenolic OH excluding ortho intramolecular Hbond substituents is 1. The Morgan fingerprint density at radius 3 is 2.71 bits per heavy atom. The predicted molar refractivity (Wildman–Crippen MR) is 92.5 cm³/mol. The first-order valence-corrected chi connectivity index (χ1v) is 7.17. The van der Waals surface area contributed by atoms with E-state index in [4.69, 9.17) is 4.74 Å². The minimum absolute atomic E-state index is 0.0635. The standard InChI is InChI=1S/C18H14N2O4/c1-24-13-7-8-16(17(10-13)20(22)23)19-11-15-14-5-3-2-4-12(14)6-9-18(15)21/h2-11,21H,1H3/b19-11+. The Hall–Kier alpha value is -3.41. The Kier molecular flexibility index (Phi) is 4.11. The van der Waals surface area contributed by atoms with Crippen molar-refractivity contribution in [2.45, 2.75) is 0 Å². The molecule has 0 atom stereocenters. The lowest BCUT2D eigenvalue weighted by atomic mass is 10.0. The molecule has 0 spiro atoms. The maximum atomic E-state index is 11.2. The first kappa shape index (κ1) is 15.5. The number of rotatable bonds is 4. The van der Waals surface area contributed by atoms with E-state index in [-0.39, 0.29) is 17.1 Å². The van der Waals surface area contributed by atoms with Crippen LogP contribution in [0.5, 0.6) is 11.5 Å². The molecule has 0 aromatic heterocycles. The predicted octanol–water partition coefficient (Wildman–Crippen LogP) is 4.21. The summed E-state index contributed by atoms with van der Waals surface area (Å²) in [6, 6.07) is 15.3. The van der Waals surface area contributed by atoms with Gasteiger partial charge in [0.25, 0.3) is 5.69 Å². The molecule has 0 saturated carbocycles. The summed E-state index contributed by atoms with van der Waals surface area (Å²) in [4.78, 5) is 14.9. The first-order valence-electron chi connectivity index (χ1n) is 7.17. The molecule has 0 aliphatic carbocycles. The van der Waals surface area contributed by atoms with Gasteiger partial charge in [-0.2, -0.15) is 0 Å². The Bertz CT molecular complexity index is 951. The van der Waals surface area contributed by atoms with Crippen molar-refractivity contribution in [1.82, 2.24) is 0 Å². The van der Waals surface area contributed by atoms with E-state index in [9.17, 15) is 15.2 Å². The van der Waals surface area contributed by atoms with Gasteiger partial charge in [-0.15, -0.1) is 0 Å². The van der Waals surface area contributed by atoms with Gasteiger partial charge in [0, 0.05) is 11.8 Å². The smallest absolute Gasteiger partial charge is 0.298 e. The van der Waals surface area contributed by atoms with E-state index in [0.717, 1.165) is 10.8 Å². The van der Waals surface area contributed by atoms with Crippen LogP contribution in [0.15, 0.2) is 59.6 Å². The number of nitro benzene ring substituents is 1. The van der Waals surface area contributed by atoms with Crippen LogP contribution in [0.3, 0.4) is 0 Å². The van der Waals surface area contributed by atoms with E-state index in [1.807, 2.05) is 24.3 Å². The molecule has 0 radical (unpaired) electrons. The van der Waals surface area contributed by atoms with E-state index < -0.39 is 4.92 Å². The number of aliphatic imine (C=N–C) groups is 1. The van der Waals surface area contributed by atoms with Crippen molar-refractivity contribution >= 4 is 28.4 Å². The molecule has 24 heavy (non-hydrogen) atoms. The molecule has 6 nitrogen and oxygen atoms in total. The highest BCUT2D eigenvalue weighted by Gasteiger charge is 2.14. The third kappa shape index (κ3) is 2.89. The van der Waals surface area contributed by atoms with Gasteiger partial charge in [0.2, 0.25) is 0 Å². The first-order chi connectivity index (χ1) is 11.6. The molecule has 0 amide bonds. The Balaban J connectivity index is 2.09. The van der Waals surface area contributed by atoms with Crippen molar-refractivity contribution in [1.29, 1.82) is 0 Å². The zero-order valence-corrected chi connectivity index (χ0v) is 12.8. The van der Waals surface area contributed by atoms with Crippen LogP contribution in [0, 0.1) is 10.1 Å². The van der Waals surface area contributed by atoms with E-state index >= 15 is 0 Å². The topological polar surface area (TPSA) is 85.0 Å². The van der Waals surface area contributed by atoms with Gasteiger partial charge < -0.3 is 9.84 Å². The van der Waals surface area contributed by atoms with E-state index in [2.05, 4.69) is 4.99 Å². The van der Waals surface area contributed by atoms with Crippen molar-refractivity contribution in [2.75, 3.05) is 7.11 Å². The molecular formula is C18H14N2O4. The quantitative estimate of drug-likeness (QED) is 0.443. The monoisotopic (exact) mass is 322 g/mol. The summed E-state index contributed by atoms with van der Waals surface area (Å²) >= 11 is 0. The molecule has 0 unspecified atom stereocenters. The Labute approximate surface area is 137 Å². The molecule has 0 heterocycles. The number of ether oxygens (including phenoxy) is 1. The second-order valence-electron chi connectivity index (χ2n) is 5.09. The number of fused-ring (bicyclic) bond motifs is 1. The Morgan fingerprint density at radius 2 is 1.96 bits per heavy atom. The molecule has 120 valence electrons. The third-order valence-electron chi connectivity index (χ3n) is 3.66. The number of phenols is 1. The van der Waals surface area contributed by atoms with Crippen molar-refractivity contribution in [2.24, 2.45) is 4.99 Å². The normalized spacial score (nSPS) is 11.0. The summed E-state index contributed by atoms with van der Waals surface area (Å²) in [6.45, 7) is 0. The minimum Gasteiger partial charge on any atom is -0.507 e. The number of hydrogen-bond acceptors (Lipinski definition) is 5. The zero-order chi connectivity index (χ0) is 17.1. The molecule has 0 saturated heterocycles. The molecule has 3 aromatic rings. The van der Waals surface area contributed by atoms with Gasteiger partial charge in [-0.25, -0.2) is 4.99 Å². The lowest BCUT2D eigenvalue weighted by Gasteiger charge is -2.05. The maximum Gasteiger partial charge on any atom is 0.298 e. The second-order valence-corrected chi connectivity index (χ2v) is 5.09. The zero-order valence-electron chi connectivity index (χ0n) is 12.8. The molecular weight excluding hydrogens is 308 g/mol. The van der Waals surface area contributed by atoms with Gasteiger partial charge in [0.1, 0.15) is 17.2 Å². The summed E-state index contributed by atoms with van der Waals surface area (Å²) in [7, 11) is 1.44. The van der Waals surface area contributed by atoms with Crippen LogP contribution >= 0.6 is 0 Å². The molecule has 0 aliphatic heterocycles. The fraction of sp³-hybridized carbons (Fsp3) is 0.0556. The van der Waals surface area contributed by atoms with Gasteiger partial charge in [0.15, 0.2) is 0 Å². The largest absolute Gasteiger partial charge is 0.507 e. The SMILES string of the molecule is COc1ccc(/N=C/c2c(O)ccc3ccccc23)c([N+](=O)[O-])c1. The maximum absolute atomic E-state index is 11.2. The van der Waals surface area contributed by atoms with E-state index in [1.54, 1.807) is 18.2 Å². The van der Waals surface area contributed by atoms with Crippen LogP contribution in [0.2, 0.25) is 0 Å². The number of aromatic hydroxyl groups is 1. The average Bonchev–Trinajstić information content (AvgIpc) is 2.60. The highest BCUT2D eigenvalue weighted by Crippen LogP contribution is 2.32. The third-order valence-corrected chi connectivity index (χ3v) is 3.66. The summed E-state index contributed by atoms with van der Waals surface area (Å²) in [5.74, 6) is 0.447. The number of nitrogens with zero attached hydrogens (tertiary/aromatic N) is 2. The average molecular weight is 322 g/mol. The van der Waals surface area contributed by atoms with E-state index in [1.165, 1.54) is 25.5 Å². The molecule has 3 rings (SSSR count). The molecule has 0 aliphatic rings. The van der Waals surface area contributed by atoms with Gasteiger partial charge in [-0.05, 0) is 29.0 Å². The van der Waals surface area contributed by atoms with Crippen molar-refractivity contribution in [3.63, 3.8) is 0 Å². The van der Waals surface area contributed by atoms with Crippen LogP contribution in [0.25, 0.3) is 10.8 Å². The van der Waals surface area contributed by atoms with Crippen LogP contribution in [0.1, 0.15) is 5.56 Å². The minimum atomic E-state index is -0.516. The van der Waals surface area contributed by atoms with Crippen LogP contribution in [0.4, 0.5) is 11.4 Å². The second kappa shape index (κ2) is 6.37. The lowest BCUT2D eigenvalue weighted by molar-refractivity contribution is -0.384. The van der Waals surface area contributed by atoms with Gasteiger partial charge in [-0.1, -0.05) is 30.3 Å². The van der Waals surface area contributed by atoms with Crippen LogP contribution < -0.4 is 4.74 Å². The summed E-state index contributed by atoms with van der Waals surface area (Å²) in [5.41, 5.74) is 0.539. The molecule has 3 aromatic carbocycles. The molecule has 0 fully saturated rings. The number of benzene rings is 3. The van der Waals surface area contributed by atoms with Crippen molar-refractivity contribution in [3.8, 4) is 11.5 Å². The summed E-state index contributed by atoms with van der Waals surface area (Å²) in [6.07, 6.45) is 1.44. The number of hydrogen-bond donors (Lipinski definition) is 1. The fourth-order valence-electron chi connectivity index (χ4n) is 2.44.